The lowest BCUT2D eigenvalue weighted by molar-refractivity contribution is 0.886. The number of hydrogen-bond donors (Lipinski definition) is 0. The van der Waals surface area contributed by atoms with Crippen LogP contribution in [0.15, 0.2) is 54.1 Å². The first kappa shape index (κ1) is 14.0. The van der Waals surface area contributed by atoms with Crippen molar-refractivity contribution in [2.45, 2.75) is 39.0 Å². The first-order valence-corrected chi connectivity index (χ1v) is 9.20. The standard InChI is InChI=1S/C24H22/c1-2-5-16-14-19-7-4-8-20(23(19)15-16)21-13-12-18-11-10-17-6-3-9-22(21)24(17)18/h3-4,6-9,12-13,15H,2,5,10-11,14H2,1H3. The quantitative estimate of drug-likeness (QED) is 0.529. The molecule has 0 unspecified atom stereocenters. The molecule has 3 aromatic rings. The molecule has 0 heteroatoms. The van der Waals surface area contributed by atoms with Gasteiger partial charge in [0.15, 0.2) is 0 Å². The SMILES string of the molecule is CCCC1=Cc2c(cccc2-c2ccc3c4c(cccc24)CC3)C1. The molecule has 2 aliphatic carbocycles. The molecule has 0 atom stereocenters. The number of fused-ring (bicyclic) bond motifs is 1. The summed E-state index contributed by atoms with van der Waals surface area (Å²) in [5, 5.41) is 2.96. The fraction of sp³-hybridized carbons (Fsp3) is 0.250. The van der Waals surface area contributed by atoms with E-state index >= 15 is 0 Å². The van der Waals surface area contributed by atoms with E-state index in [9.17, 15) is 0 Å². The second-order valence-corrected chi connectivity index (χ2v) is 7.22. The molecule has 0 aliphatic heterocycles. The maximum Gasteiger partial charge on any atom is -0.00576 e. The van der Waals surface area contributed by atoms with Crippen LogP contribution in [0.5, 0.6) is 0 Å². The van der Waals surface area contributed by atoms with Gasteiger partial charge in [-0.2, -0.15) is 0 Å². The molecule has 0 saturated heterocycles. The van der Waals surface area contributed by atoms with E-state index in [1.165, 1.54) is 69.8 Å². The van der Waals surface area contributed by atoms with Crippen molar-refractivity contribution in [3.05, 3.63) is 76.4 Å². The molecule has 0 bridgehead atoms. The Labute approximate surface area is 143 Å². The van der Waals surface area contributed by atoms with Gasteiger partial charge in [-0.3, -0.25) is 0 Å². The lowest BCUT2D eigenvalue weighted by Crippen LogP contribution is -1.90. The minimum Gasteiger partial charge on any atom is -0.0652 e. The highest BCUT2D eigenvalue weighted by Crippen LogP contribution is 2.41. The van der Waals surface area contributed by atoms with E-state index in [1.54, 1.807) is 5.57 Å². The molecule has 5 rings (SSSR count). The van der Waals surface area contributed by atoms with E-state index in [4.69, 9.17) is 0 Å². The van der Waals surface area contributed by atoms with Crippen LogP contribution in [-0.2, 0) is 19.3 Å². The van der Waals surface area contributed by atoms with Crippen molar-refractivity contribution in [3.8, 4) is 11.1 Å². The lowest BCUT2D eigenvalue weighted by atomic mass is 9.91. The van der Waals surface area contributed by atoms with Gasteiger partial charge in [0.25, 0.3) is 0 Å². The molecule has 0 radical (unpaired) electrons. The third-order valence-corrected chi connectivity index (χ3v) is 5.70. The molecule has 0 heterocycles. The highest BCUT2D eigenvalue weighted by atomic mass is 14.2. The van der Waals surface area contributed by atoms with Crippen LogP contribution in [0.4, 0.5) is 0 Å². The Bertz CT molecular complexity index is 978. The number of allylic oxidation sites excluding steroid dienone is 1. The Hall–Kier alpha value is -2.34. The zero-order valence-corrected chi connectivity index (χ0v) is 14.2. The minimum atomic E-state index is 1.14. The summed E-state index contributed by atoms with van der Waals surface area (Å²) in [6.45, 7) is 2.27. The number of hydrogen-bond acceptors (Lipinski definition) is 0. The fourth-order valence-corrected chi connectivity index (χ4v) is 4.64. The van der Waals surface area contributed by atoms with Crippen LogP contribution in [0.3, 0.4) is 0 Å². The summed E-state index contributed by atoms with van der Waals surface area (Å²) in [4.78, 5) is 0. The van der Waals surface area contributed by atoms with Crippen LogP contribution in [0.25, 0.3) is 28.0 Å². The molecule has 0 spiro atoms. The molecule has 0 nitrogen and oxygen atoms in total. The summed E-state index contributed by atoms with van der Waals surface area (Å²) in [6.07, 6.45) is 8.44. The normalized spacial score (nSPS) is 15.0. The predicted molar refractivity (Wildman–Crippen MR) is 103 cm³/mol. The van der Waals surface area contributed by atoms with Gasteiger partial charge in [-0.15, -0.1) is 0 Å². The van der Waals surface area contributed by atoms with Crippen molar-refractivity contribution in [1.29, 1.82) is 0 Å². The van der Waals surface area contributed by atoms with Crippen molar-refractivity contribution in [3.63, 3.8) is 0 Å². The summed E-state index contributed by atoms with van der Waals surface area (Å²) in [7, 11) is 0. The van der Waals surface area contributed by atoms with Gasteiger partial charge in [-0.1, -0.05) is 73.5 Å². The first-order chi connectivity index (χ1) is 11.8. The maximum absolute atomic E-state index is 2.46. The first-order valence-electron chi connectivity index (χ1n) is 9.20. The molecule has 0 saturated carbocycles. The van der Waals surface area contributed by atoms with Crippen LogP contribution in [0.1, 0.15) is 42.0 Å². The van der Waals surface area contributed by atoms with Gasteiger partial charge in [0.05, 0.1) is 0 Å². The predicted octanol–water partition coefficient (Wildman–Crippen LogP) is 6.35. The molecule has 24 heavy (non-hydrogen) atoms. The Kier molecular flexibility index (Phi) is 3.13. The number of aryl methyl sites for hydroxylation is 2. The molecule has 118 valence electrons. The van der Waals surface area contributed by atoms with E-state index in [0.29, 0.717) is 0 Å². The second-order valence-electron chi connectivity index (χ2n) is 7.22. The smallest absolute Gasteiger partial charge is 0.00576 e. The number of benzene rings is 3. The van der Waals surface area contributed by atoms with Gasteiger partial charge in [0.1, 0.15) is 0 Å². The van der Waals surface area contributed by atoms with Crippen LogP contribution in [0, 0.1) is 0 Å². The summed E-state index contributed by atoms with van der Waals surface area (Å²) in [5.41, 5.74) is 10.4. The van der Waals surface area contributed by atoms with E-state index in [1.807, 2.05) is 0 Å². The van der Waals surface area contributed by atoms with Crippen molar-refractivity contribution >= 4 is 16.8 Å². The molecule has 0 amide bonds. The van der Waals surface area contributed by atoms with E-state index in [0.717, 1.165) is 6.42 Å². The summed E-state index contributed by atoms with van der Waals surface area (Å²) >= 11 is 0. The van der Waals surface area contributed by atoms with Crippen molar-refractivity contribution in [2.24, 2.45) is 0 Å². The van der Waals surface area contributed by atoms with E-state index < -0.39 is 0 Å². The second kappa shape index (κ2) is 5.34. The monoisotopic (exact) mass is 310 g/mol. The third-order valence-electron chi connectivity index (χ3n) is 5.70. The summed E-state index contributed by atoms with van der Waals surface area (Å²) in [5.74, 6) is 0. The van der Waals surface area contributed by atoms with Crippen LogP contribution in [-0.4, -0.2) is 0 Å². The fourth-order valence-electron chi connectivity index (χ4n) is 4.64. The van der Waals surface area contributed by atoms with Crippen LogP contribution < -0.4 is 0 Å². The highest BCUT2D eigenvalue weighted by molar-refractivity contribution is 6.03. The largest absolute Gasteiger partial charge is 0.0652 e. The maximum atomic E-state index is 2.46. The van der Waals surface area contributed by atoms with Crippen molar-refractivity contribution in [1.82, 2.24) is 0 Å². The molecule has 2 aliphatic rings. The van der Waals surface area contributed by atoms with Gasteiger partial charge in [0.2, 0.25) is 0 Å². The average molecular weight is 310 g/mol. The van der Waals surface area contributed by atoms with Crippen molar-refractivity contribution < 1.29 is 0 Å². The topological polar surface area (TPSA) is 0 Å². The van der Waals surface area contributed by atoms with E-state index in [-0.39, 0.29) is 0 Å². The highest BCUT2D eigenvalue weighted by Gasteiger charge is 2.20. The van der Waals surface area contributed by atoms with Gasteiger partial charge < -0.3 is 0 Å². The molecule has 3 aromatic carbocycles. The minimum absolute atomic E-state index is 1.14. The van der Waals surface area contributed by atoms with Gasteiger partial charge in [-0.25, -0.2) is 0 Å². The molecule has 0 N–H and O–H groups in total. The Balaban J connectivity index is 1.75. The molecule has 0 aromatic heterocycles. The summed E-state index contributed by atoms with van der Waals surface area (Å²) < 4.78 is 0. The van der Waals surface area contributed by atoms with Gasteiger partial charge >= 0.3 is 0 Å². The number of rotatable bonds is 3. The van der Waals surface area contributed by atoms with Gasteiger partial charge in [0, 0.05) is 0 Å². The zero-order valence-electron chi connectivity index (χ0n) is 14.2. The summed E-state index contributed by atoms with van der Waals surface area (Å²) in [6, 6.07) is 18.4. The molecular weight excluding hydrogens is 288 g/mol. The van der Waals surface area contributed by atoms with E-state index in [2.05, 4.69) is 61.5 Å². The Morgan fingerprint density at radius 2 is 1.58 bits per heavy atom. The van der Waals surface area contributed by atoms with Crippen molar-refractivity contribution in [2.75, 3.05) is 0 Å². The van der Waals surface area contributed by atoms with Crippen LogP contribution in [0.2, 0.25) is 0 Å². The zero-order chi connectivity index (χ0) is 16.1. The Morgan fingerprint density at radius 3 is 2.46 bits per heavy atom. The Morgan fingerprint density at radius 1 is 0.792 bits per heavy atom. The molecular formula is C24H22. The lowest BCUT2D eigenvalue weighted by Gasteiger charge is -2.12. The van der Waals surface area contributed by atoms with Gasteiger partial charge in [-0.05, 0) is 69.8 Å². The average Bonchev–Trinajstić information content (AvgIpc) is 3.21. The molecule has 0 fully saturated rings. The van der Waals surface area contributed by atoms with Crippen LogP contribution >= 0.6 is 0 Å². The third kappa shape index (κ3) is 1.99.